The molecule has 0 aromatic heterocycles. The summed E-state index contributed by atoms with van der Waals surface area (Å²) in [7, 11) is 2.02. The minimum atomic E-state index is 0.199. The molecule has 0 amide bonds. The van der Waals surface area contributed by atoms with Crippen LogP contribution in [0.4, 0.5) is 0 Å². The smallest absolute Gasteiger partial charge is 0.0584 e. The van der Waals surface area contributed by atoms with Gasteiger partial charge in [0.1, 0.15) is 0 Å². The molecule has 0 aliphatic heterocycles. The predicted octanol–water partition coefficient (Wildman–Crippen LogP) is 2.26. The number of halogens is 1. The van der Waals surface area contributed by atoms with Gasteiger partial charge in [0.05, 0.1) is 6.61 Å². The Morgan fingerprint density at radius 2 is 2.21 bits per heavy atom. The van der Waals surface area contributed by atoms with Crippen molar-refractivity contribution in [3.05, 3.63) is 34.3 Å². The maximum absolute atomic E-state index is 8.99. The van der Waals surface area contributed by atoms with Crippen LogP contribution in [0.3, 0.4) is 0 Å². The molecule has 1 N–H and O–H groups in total. The van der Waals surface area contributed by atoms with E-state index >= 15 is 0 Å². The molecule has 1 unspecified atom stereocenters. The van der Waals surface area contributed by atoms with E-state index in [1.165, 1.54) is 5.56 Å². The van der Waals surface area contributed by atoms with Gasteiger partial charge >= 0.3 is 0 Å². The van der Waals surface area contributed by atoms with E-state index in [2.05, 4.69) is 33.0 Å². The Bertz CT molecular complexity index is 290. The third kappa shape index (κ3) is 3.40. The summed E-state index contributed by atoms with van der Waals surface area (Å²) in [5.74, 6) is 0. The van der Waals surface area contributed by atoms with E-state index in [9.17, 15) is 0 Å². The summed E-state index contributed by atoms with van der Waals surface area (Å²) in [5, 5.41) is 8.99. The highest BCUT2D eigenvalue weighted by Crippen LogP contribution is 2.13. The summed E-state index contributed by atoms with van der Waals surface area (Å²) >= 11 is 3.44. The van der Waals surface area contributed by atoms with Gasteiger partial charge in [-0.05, 0) is 31.7 Å². The Kier molecular flexibility index (Phi) is 4.58. The summed E-state index contributed by atoms with van der Waals surface area (Å²) in [6, 6.07) is 8.43. The van der Waals surface area contributed by atoms with Crippen molar-refractivity contribution in [3.8, 4) is 0 Å². The SMILES string of the molecule is CC(CO)N(C)Cc1cccc(Br)c1. The summed E-state index contributed by atoms with van der Waals surface area (Å²) in [6.07, 6.45) is 0. The van der Waals surface area contributed by atoms with E-state index in [0.29, 0.717) is 0 Å². The van der Waals surface area contributed by atoms with Gasteiger partial charge in [-0.3, -0.25) is 4.90 Å². The van der Waals surface area contributed by atoms with Gasteiger partial charge in [0.15, 0.2) is 0 Å². The van der Waals surface area contributed by atoms with Gasteiger partial charge in [0, 0.05) is 17.1 Å². The number of hydrogen-bond acceptors (Lipinski definition) is 2. The second-order valence-electron chi connectivity index (χ2n) is 3.58. The van der Waals surface area contributed by atoms with Crippen LogP contribution in [0.15, 0.2) is 28.7 Å². The quantitative estimate of drug-likeness (QED) is 0.895. The molecule has 3 heteroatoms. The fourth-order valence-electron chi connectivity index (χ4n) is 1.22. The van der Waals surface area contributed by atoms with Crippen LogP contribution in [0.5, 0.6) is 0 Å². The molecule has 0 saturated carbocycles. The standard InChI is InChI=1S/C11H16BrNO/c1-9(8-14)13(2)7-10-4-3-5-11(12)6-10/h3-6,9,14H,7-8H2,1-2H3. The van der Waals surface area contributed by atoms with Crippen molar-refractivity contribution in [2.45, 2.75) is 19.5 Å². The molecule has 1 atom stereocenters. The van der Waals surface area contributed by atoms with Crippen LogP contribution in [0.2, 0.25) is 0 Å². The average molecular weight is 258 g/mol. The number of likely N-dealkylation sites (N-methyl/N-ethyl adjacent to an activating group) is 1. The molecule has 78 valence electrons. The first-order valence-corrected chi connectivity index (χ1v) is 5.48. The Balaban J connectivity index is 2.60. The highest BCUT2D eigenvalue weighted by Gasteiger charge is 2.07. The zero-order valence-corrected chi connectivity index (χ0v) is 10.2. The second kappa shape index (κ2) is 5.49. The molecule has 1 aromatic carbocycles. The summed E-state index contributed by atoms with van der Waals surface area (Å²) in [6.45, 7) is 3.07. The molecule has 0 saturated heterocycles. The van der Waals surface area contributed by atoms with Crippen molar-refractivity contribution in [2.24, 2.45) is 0 Å². The van der Waals surface area contributed by atoms with Crippen LogP contribution in [-0.2, 0) is 6.54 Å². The van der Waals surface area contributed by atoms with E-state index in [1.54, 1.807) is 0 Å². The fraction of sp³-hybridized carbons (Fsp3) is 0.455. The number of aliphatic hydroxyl groups excluding tert-OH is 1. The third-order valence-corrected chi connectivity index (χ3v) is 2.83. The molecule has 0 aliphatic carbocycles. The Morgan fingerprint density at radius 1 is 1.50 bits per heavy atom. The van der Waals surface area contributed by atoms with Crippen LogP contribution in [0, 0.1) is 0 Å². The molecule has 1 rings (SSSR count). The molecule has 14 heavy (non-hydrogen) atoms. The normalized spacial score (nSPS) is 13.2. The van der Waals surface area contributed by atoms with Gasteiger partial charge in [-0.25, -0.2) is 0 Å². The van der Waals surface area contributed by atoms with E-state index in [4.69, 9.17) is 5.11 Å². The van der Waals surface area contributed by atoms with Crippen molar-refractivity contribution in [1.29, 1.82) is 0 Å². The lowest BCUT2D eigenvalue weighted by Crippen LogP contribution is -2.31. The van der Waals surface area contributed by atoms with Crippen LogP contribution in [-0.4, -0.2) is 29.7 Å². The topological polar surface area (TPSA) is 23.5 Å². The maximum Gasteiger partial charge on any atom is 0.0584 e. The number of hydrogen-bond donors (Lipinski definition) is 1. The van der Waals surface area contributed by atoms with Gasteiger partial charge in [-0.1, -0.05) is 28.1 Å². The van der Waals surface area contributed by atoms with Crippen molar-refractivity contribution < 1.29 is 5.11 Å². The maximum atomic E-state index is 8.99. The van der Waals surface area contributed by atoms with Gasteiger partial charge in [0.25, 0.3) is 0 Å². The van der Waals surface area contributed by atoms with Crippen molar-refractivity contribution in [1.82, 2.24) is 4.90 Å². The Labute approximate surface area is 93.7 Å². The number of nitrogens with zero attached hydrogens (tertiary/aromatic N) is 1. The van der Waals surface area contributed by atoms with E-state index < -0.39 is 0 Å². The first-order valence-electron chi connectivity index (χ1n) is 4.69. The third-order valence-electron chi connectivity index (χ3n) is 2.34. The molecule has 0 aliphatic rings. The van der Waals surface area contributed by atoms with Crippen LogP contribution in [0.25, 0.3) is 0 Å². The molecule has 0 radical (unpaired) electrons. The van der Waals surface area contributed by atoms with Crippen LogP contribution >= 0.6 is 15.9 Å². The largest absolute Gasteiger partial charge is 0.395 e. The Hall–Kier alpha value is -0.380. The highest BCUT2D eigenvalue weighted by atomic mass is 79.9. The molecule has 0 heterocycles. The van der Waals surface area contributed by atoms with E-state index in [1.807, 2.05) is 26.1 Å². The molecule has 0 spiro atoms. The van der Waals surface area contributed by atoms with Gasteiger partial charge < -0.3 is 5.11 Å². The average Bonchev–Trinajstić information content (AvgIpc) is 2.16. The lowest BCUT2D eigenvalue weighted by Gasteiger charge is -2.22. The van der Waals surface area contributed by atoms with Crippen molar-refractivity contribution >= 4 is 15.9 Å². The minimum absolute atomic E-state index is 0.199. The lowest BCUT2D eigenvalue weighted by atomic mass is 10.2. The molecular weight excluding hydrogens is 242 g/mol. The number of rotatable bonds is 4. The molecule has 1 aromatic rings. The zero-order chi connectivity index (χ0) is 10.6. The lowest BCUT2D eigenvalue weighted by molar-refractivity contribution is 0.154. The van der Waals surface area contributed by atoms with E-state index in [0.717, 1.165) is 11.0 Å². The summed E-state index contributed by atoms with van der Waals surface area (Å²) in [5.41, 5.74) is 1.25. The predicted molar refractivity (Wildman–Crippen MR) is 62.2 cm³/mol. The monoisotopic (exact) mass is 257 g/mol. The fourth-order valence-corrected chi connectivity index (χ4v) is 1.67. The molecule has 2 nitrogen and oxygen atoms in total. The van der Waals surface area contributed by atoms with Crippen molar-refractivity contribution in [3.63, 3.8) is 0 Å². The van der Waals surface area contributed by atoms with Gasteiger partial charge in [-0.2, -0.15) is 0 Å². The Morgan fingerprint density at radius 3 is 2.79 bits per heavy atom. The van der Waals surface area contributed by atoms with Crippen molar-refractivity contribution in [2.75, 3.05) is 13.7 Å². The second-order valence-corrected chi connectivity index (χ2v) is 4.49. The highest BCUT2D eigenvalue weighted by molar-refractivity contribution is 9.10. The van der Waals surface area contributed by atoms with Gasteiger partial charge in [0.2, 0.25) is 0 Å². The number of aliphatic hydroxyl groups is 1. The van der Waals surface area contributed by atoms with Crippen LogP contribution in [0.1, 0.15) is 12.5 Å². The summed E-state index contributed by atoms with van der Waals surface area (Å²) < 4.78 is 1.10. The molecular formula is C11H16BrNO. The number of benzene rings is 1. The molecule has 0 fully saturated rings. The minimum Gasteiger partial charge on any atom is -0.395 e. The molecule has 0 bridgehead atoms. The first-order chi connectivity index (χ1) is 6.63. The first kappa shape index (κ1) is 11.7. The zero-order valence-electron chi connectivity index (χ0n) is 8.57. The summed E-state index contributed by atoms with van der Waals surface area (Å²) in [4.78, 5) is 2.13. The van der Waals surface area contributed by atoms with Gasteiger partial charge in [-0.15, -0.1) is 0 Å². The van der Waals surface area contributed by atoms with Crippen LogP contribution < -0.4 is 0 Å². The van der Waals surface area contributed by atoms with E-state index in [-0.39, 0.29) is 12.6 Å².